The number of pyridine rings is 1. The molecular weight excluding hydrogens is 386 g/mol. The van der Waals surface area contributed by atoms with Crippen LogP contribution in [0.3, 0.4) is 0 Å². The number of nitrogens with one attached hydrogen (secondary N) is 2. The zero-order valence-corrected chi connectivity index (χ0v) is 15.1. The highest BCUT2D eigenvalue weighted by Gasteiger charge is 2.17. The number of rotatable bonds is 4. The summed E-state index contributed by atoms with van der Waals surface area (Å²) in [5.41, 5.74) is 2.08. The third kappa shape index (κ3) is 3.32. The van der Waals surface area contributed by atoms with Crippen LogP contribution in [0, 0.1) is 11.6 Å². The Balaban J connectivity index is 1.63. The van der Waals surface area contributed by atoms with Gasteiger partial charge in [0.1, 0.15) is 11.5 Å². The van der Waals surface area contributed by atoms with Gasteiger partial charge in [-0.25, -0.2) is 8.78 Å². The van der Waals surface area contributed by atoms with Crippen LogP contribution in [0.15, 0.2) is 54.9 Å². The van der Waals surface area contributed by atoms with Crippen molar-refractivity contribution in [2.24, 2.45) is 0 Å². The van der Waals surface area contributed by atoms with E-state index in [1.54, 1.807) is 24.3 Å². The Labute approximate surface area is 163 Å². The molecule has 0 aliphatic heterocycles. The highest BCUT2D eigenvalue weighted by Crippen LogP contribution is 2.29. The van der Waals surface area contributed by atoms with Crippen molar-refractivity contribution in [2.75, 3.05) is 0 Å². The van der Waals surface area contributed by atoms with Gasteiger partial charge >= 0.3 is 0 Å². The number of benzene rings is 2. The second kappa shape index (κ2) is 7.36. The van der Waals surface area contributed by atoms with Gasteiger partial charge in [0.25, 0.3) is 5.91 Å². The molecule has 4 rings (SSSR count). The molecule has 4 aromatic rings. The molecule has 0 spiro atoms. The van der Waals surface area contributed by atoms with E-state index in [-0.39, 0.29) is 23.0 Å². The van der Waals surface area contributed by atoms with Crippen molar-refractivity contribution in [1.82, 2.24) is 20.5 Å². The molecule has 5 nitrogen and oxygen atoms in total. The molecule has 0 saturated heterocycles. The summed E-state index contributed by atoms with van der Waals surface area (Å²) in [6.45, 7) is 0.128. The molecule has 0 atom stereocenters. The minimum Gasteiger partial charge on any atom is -0.348 e. The molecule has 0 bridgehead atoms. The van der Waals surface area contributed by atoms with Crippen molar-refractivity contribution >= 4 is 28.4 Å². The molecule has 2 N–H and O–H groups in total. The lowest BCUT2D eigenvalue weighted by molar-refractivity contribution is 0.0952. The maximum atomic E-state index is 14.1. The van der Waals surface area contributed by atoms with Gasteiger partial charge in [0.2, 0.25) is 0 Å². The number of hydrogen-bond acceptors (Lipinski definition) is 3. The van der Waals surface area contributed by atoms with E-state index < -0.39 is 11.6 Å². The van der Waals surface area contributed by atoms with Gasteiger partial charge in [0, 0.05) is 23.7 Å². The van der Waals surface area contributed by atoms with Crippen molar-refractivity contribution in [3.63, 3.8) is 0 Å². The van der Waals surface area contributed by atoms with Gasteiger partial charge in [-0.15, -0.1) is 0 Å². The van der Waals surface area contributed by atoms with Gasteiger partial charge in [-0.2, -0.15) is 5.10 Å². The SMILES string of the molecule is O=C(NCc1ccc(Cl)c(F)c1)c1cccc2c(-c3ccncc3F)n[nH]c12. The standard InChI is InChI=1S/C20H13ClF2N4O/c21-15-5-4-11(8-16(15)22)9-25-20(28)14-3-1-2-13-18(26-27-19(13)14)12-6-7-24-10-17(12)23/h1-8,10H,9H2,(H,25,28)(H,26,27). The van der Waals surface area contributed by atoms with Crippen molar-refractivity contribution in [3.05, 3.63) is 82.6 Å². The van der Waals surface area contributed by atoms with Crippen LogP contribution in [0.5, 0.6) is 0 Å². The number of nitrogens with zero attached hydrogens (tertiary/aromatic N) is 2. The molecule has 0 aliphatic carbocycles. The van der Waals surface area contributed by atoms with E-state index in [9.17, 15) is 13.6 Å². The molecule has 0 radical (unpaired) electrons. The first kappa shape index (κ1) is 18.1. The minimum absolute atomic E-state index is 0.0215. The Morgan fingerprint density at radius 1 is 1.14 bits per heavy atom. The van der Waals surface area contributed by atoms with E-state index in [4.69, 9.17) is 11.6 Å². The largest absolute Gasteiger partial charge is 0.348 e. The zero-order chi connectivity index (χ0) is 19.7. The highest BCUT2D eigenvalue weighted by atomic mass is 35.5. The fraction of sp³-hybridized carbons (Fsp3) is 0.0500. The maximum Gasteiger partial charge on any atom is 0.253 e. The van der Waals surface area contributed by atoms with Crippen LogP contribution >= 0.6 is 11.6 Å². The van der Waals surface area contributed by atoms with Crippen molar-refractivity contribution < 1.29 is 13.6 Å². The van der Waals surface area contributed by atoms with Crippen LogP contribution in [0.2, 0.25) is 5.02 Å². The number of carbonyl (C=O) groups excluding carboxylic acids is 1. The number of para-hydroxylation sites is 1. The summed E-state index contributed by atoms with van der Waals surface area (Å²) >= 11 is 5.66. The fourth-order valence-corrected chi connectivity index (χ4v) is 3.05. The summed E-state index contributed by atoms with van der Waals surface area (Å²) in [6.07, 6.45) is 2.58. The molecule has 0 aliphatic rings. The Hall–Kier alpha value is -3.32. The Morgan fingerprint density at radius 2 is 2.00 bits per heavy atom. The fourth-order valence-electron chi connectivity index (χ4n) is 2.93. The average molecular weight is 399 g/mol. The van der Waals surface area contributed by atoms with Crippen LogP contribution in [-0.2, 0) is 6.54 Å². The van der Waals surface area contributed by atoms with Crippen LogP contribution in [0.25, 0.3) is 22.2 Å². The Morgan fingerprint density at radius 3 is 2.79 bits per heavy atom. The van der Waals surface area contributed by atoms with Gasteiger partial charge < -0.3 is 5.32 Å². The van der Waals surface area contributed by atoms with E-state index in [1.165, 1.54) is 24.4 Å². The summed E-state index contributed by atoms with van der Waals surface area (Å²) in [5, 5.41) is 10.3. The molecule has 8 heteroatoms. The number of halogens is 3. The molecule has 0 unspecified atom stereocenters. The molecule has 0 fully saturated rings. The van der Waals surface area contributed by atoms with Gasteiger partial charge in [-0.1, -0.05) is 29.8 Å². The monoisotopic (exact) mass is 398 g/mol. The van der Waals surface area contributed by atoms with Crippen molar-refractivity contribution in [1.29, 1.82) is 0 Å². The van der Waals surface area contributed by atoms with Crippen LogP contribution < -0.4 is 5.32 Å². The molecule has 28 heavy (non-hydrogen) atoms. The van der Waals surface area contributed by atoms with Crippen LogP contribution in [0.4, 0.5) is 8.78 Å². The summed E-state index contributed by atoms with van der Waals surface area (Å²) in [7, 11) is 0. The zero-order valence-electron chi connectivity index (χ0n) is 14.3. The Bertz CT molecular complexity index is 1190. The summed E-state index contributed by atoms with van der Waals surface area (Å²) in [4.78, 5) is 16.4. The maximum absolute atomic E-state index is 14.1. The number of aromatic nitrogens is 3. The number of hydrogen-bond donors (Lipinski definition) is 2. The van der Waals surface area contributed by atoms with Crippen LogP contribution in [0.1, 0.15) is 15.9 Å². The lowest BCUT2D eigenvalue weighted by Crippen LogP contribution is -2.23. The summed E-state index contributed by atoms with van der Waals surface area (Å²) in [6, 6.07) is 10.9. The highest BCUT2D eigenvalue weighted by molar-refractivity contribution is 6.30. The molecular formula is C20H13ClF2N4O. The molecule has 2 aromatic heterocycles. The Kier molecular flexibility index (Phi) is 4.75. The smallest absolute Gasteiger partial charge is 0.253 e. The number of H-pyrrole nitrogens is 1. The second-order valence-electron chi connectivity index (χ2n) is 6.09. The lowest BCUT2D eigenvalue weighted by atomic mass is 10.1. The number of aromatic amines is 1. The quantitative estimate of drug-likeness (QED) is 0.532. The normalized spacial score (nSPS) is 11.0. The predicted molar refractivity (Wildman–Crippen MR) is 102 cm³/mol. The van der Waals surface area contributed by atoms with E-state index in [0.29, 0.717) is 27.7 Å². The molecule has 0 saturated carbocycles. The van der Waals surface area contributed by atoms with Gasteiger partial charge in [-0.05, 0) is 29.8 Å². The van der Waals surface area contributed by atoms with E-state index >= 15 is 0 Å². The number of fused-ring (bicyclic) bond motifs is 1. The predicted octanol–water partition coefficient (Wildman–Crippen LogP) is 4.49. The van der Waals surface area contributed by atoms with Crippen molar-refractivity contribution in [3.8, 4) is 11.3 Å². The first-order valence-corrected chi connectivity index (χ1v) is 8.71. The average Bonchev–Trinajstić information content (AvgIpc) is 3.13. The minimum atomic E-state index is -0.548. The molecule has 1 amide bonds. The third-order valence-electron chi connectivity index (χ3n) is 4.31. The van der Waals surface area contributed by atoms with Gasteiger partial charge in [0.15, 0.2) is 5.82 Å². The lowest BCUT2D eigenvalue weighted by Gasteiger charge is -2.07. The first-order valence-electron chi connectivity index (χ1n) is 8.33. The molecule has 2 heterocycles. The number of carbonyl (C=O) groups is 1. The van der Waals surface area contributed by atoms with Crippen molar-refractivity contribution in [2.45, 2.75) is 6.54 Å². The van der Waals surface area contributed by atoms with Gasteiger partial charge in [-0.3, -0.25) is 14.9 Å². The summed E-state index contributed by atoms with van der Waals surface area (Å²) in [5.74, 6) is -1.42. The number of amides is 1. The third-order valence-corrected chi connectivity index (χ3v) is 4.61. The summed E-state index contributed by atoms with van der Waals surface area (Å²) < 4.78 is 27.6. The molecule has 140 valence electrons. The molecule has 2 aromatic carbocycles. The first-order chi connectivity index (χ1) is 13.5. The van der Waals surface area contributed by atoms with E-state index in [0.717, 1.165) is 6.20 Å². The van der Waals surface area contributed by atoms with E-state index in [2.05, 4.69) is 20.5 Å². The second-order valence-corrected chi connectivity index (χ2v) is 6.49. The van der Waals surface area contributed by atoms with E-state index in [1.807, 2.05) is 0 Å². The van der Waals surface area contributed by atoms with Crippen LogP contribution in [-0.4, -0.2) is 21.1 Å². The van der Waals surface area contributed by atoms with Gasteiger partial charge in [0.05, 0.1) is 22.3 Å². The topological polar surface area (TPSA) is 70.7 Å².